The maximum absolute atomic E-state index is 13.2. The Kier molecular flexibility index (Phi) is 4.99. The fraction of sp³-hybridized carbons (Fsp3) is 0. The number of benzene rings is 2. The molecule has 4 rings (SSSR count). The summed E-state index contributed by atoms with van der Waals surface area (Å²) in [5.41, 5.74) is -0.0209. The molecule has 0 unspecified atom stereocenters. The van der Waals surface area contributed by atoms with Gasteiger partial charge in [0.1, 0.15) is 11.6 Å². The molecule has 2 N–H and O–H groups in total. The zero-order valence-corrected chi connectivity index (χ0v) is 16.5. The number of halogens is 1. The second-order valence-corrected chi connectivity index (χ2v) is 8.17. The number of hydrogen-bond acceptors (Lipinski definition) is 6. The Labute approximate surface area is 176 Å². The molecular weight excluding hydrogens is 425 g/mol. The topological polar surface area (TPSA) is 117 Å². The monoisotopic (exact) mass is 439 g/mol. The normalized spacial score (nSPS) is 14.3. The van der Waals surface area contributed by atoms with Crippen molar-refractivity contribution in [3.8, 4) is 0 Å². The predicted molar refractivity (Wildman–Crippen MR) is 110 cm³/mol. The first-order valence-corrected chi connectivity index (χ1v) is 10.4. The molecule has 31 heavy (non-hydrogen) atoms. The van der Waals surface area contributed by atoms with Crippen molar-refractivity contribution in [3.63, 3.8) is 0 Å². The van der Waals surface area contributed by atoms with Crippen molar-refractivity contribution in [2.75, 3.05) is 9.62 Å². The van der Waals surface area contributed by atoms with Crippen molar-refractivity contribution in [1.29, 1.82) is 0 Å². The highest BCUT2D eigenvalue weighted by Gasteiger charge is 2.40. The molecule has 3 aromatic rings. The summed E-state index contributed by atoms with van der Waals surface area (Å²) < 4.78 is 40.5. The van der Waals surface area contributed by atoms with Crippen LogP contribution in [0.2, 0.25) is 0 Å². The summed E-state index contributed by atoms with van der Waals surface area (Å²) in [4.78, 5) is 29.8. The van der Waals surface area contributed by atoms with Gasteiger partial charge in [0.25, 0.3) is 15.9 Å². The number of amides is 2. The zero-order chi connectivity index (χ0) is 22.2. The Balaban J connectivity index is 1.60. The van der Waals surface area contributed by atoms with Crippen molar-refractivity contribution in [2.24, 2.45) is 0 Å². The van der Waals surface area contributed by atoms with Crippen LogP contribution in [-0.2, 0) is 19.6 Å². The number of pyridine rings is 1. The number of imide groups is 1. The first-order chi connectivity index (χ1) is 14.8. The average Bonchev–Trinajstić information content (AvgIpc) is 2.98. The second kappa shape index (κ2) is 7.65. The van der Waals surface area contributed by atoms with E-state index in [1.165, 1.54) is 48.7 Å². The molecule has 10 heteroatoms. The standard InChI is InChI=1S/C21H14FN3O5S/c22-14-6-4-13(5-7-14)18-19(26)21(28)25(20(18)27)15-8-10-16(11-9-15)31(29,30)24-17-3-1-2-12-23-17/h1-12,26H,(H,23,24). The van der Waals surface area contributed by atoms with Gasteiger partial charge in [0.15, 0.2) is 5.76 Å². The lowest BCUT2D eigenvalue weighted by Gasteiger charge is -2.15. The van der Waals surface area contributed by atoms with Crippen LogP contribution in [0, 0.1) is 5.82 Å². The van der Waals surface area contributed by atoms with Gasteiger partial charge in [-0.1, -0.05) is 18.2 Å². The number of anilines is 2. The quantitative estimate of drug-likeness (QED) is 0.591. The maximum Gasteiger partial charge on any atom is 0.301 e. The van der Waals surface area contributed by atoms with Crippen LogP contribution in [0.15, 0.2) is 83.6 Å². The van der Waals surface area contributed by atoms with E-state index in [0.717, 1.165) is 17.0 Å². The van der Waals surface area contributed by atoms with Gasteiger partial charge in [-0.2, -0.15) is 0 Å². The Morgan fingerprint density at radius 2 is 1.58 bits per heavy atom. The maximum atomic E-state index is 13.2. The number of carbonyl (C=O) groups excluding carboxylic acids is 2. The minimum Gasteiger partial charge on any atom is -0.502 e. The smallest absolute Gasteiger partial charge is 0.301 e. The van der Waals surface area contributed by atoms with Gasteiger partial charge < -0.3 is 5.11 Å². The summed E-state index contributed by atoms with van der Waals surface area (Å²) in [5, 5.41) is 10.2. The van der Waals surface area contributed by atoms with E-state index in [1.807, 2.05) is 0 Å². The van der Waals surface area contributed by atoms with Crippen molar-refractivity contribution < 1.29 is 27.5 Å². The van der Waals surface area contributed by atoms with Crippen LogP contribution in [0.25, 0.3) is 5.57 Å². The fourth-order valence-corrected chi connectivity index (χ4v) is 4.03. The summed E-state index contributed by atoms with van der Waals surface area (Å²) in [6.45, 7) is 0. The van der Waals surface area contributed by atoms with Crippen LogP contribution in [0.4, 0.5) is 15.9 Å². The molecule has 156 valence electrons. The van der Waals surface area contributed by atoms with E-state index in [1.54, 1.807) is 12.1 Å². The molecule has 1 aliphatic rings. The largest absolute Gasteiger partial charge is 0.502 e. The van der Waals surface area contributed by atoms with Crippen molar-refractivity contribution in [2.45, 2.75) is 4.90 Å². The molecule has 8 nitrogen and oxygen atoms in total. The van der Waals surface area contributed by atoms with Gasteiger partial charge in [0.05, 0.1) is 16.2 Å². The predicted octanol–water partition coefficient (Wildman–Crippen LogP) is 2.86. The highest BCUT2D eigenvalue weighted by Crippen LogP contribution is 2.32. The first kappa shape index (κ1) is 20.2. The van der Waals surface area contributed by atoms with Crippen LogP contribution in [0.1, 0.15) is 5.56 Å². The number of aliphatic hydroxyl groups is 1. The molecule has 0 aliphatic carbocycles. The van der Waals surface area contributed by atoms with Gasteiger partial charge in [-0.15, -0.1) is 0 Å². The number of nitrogens with one attached hydrogen (secondary N) is 1. The zero-order valence-electron chi connectivity index (χ0n) is 15.7. The Bertz CT molecular complexity index is 1310. The van der Waals surface area contributed by atoms with Crippen LogP contribution >= 0.6 is 0 Å². The third-order valence-electron chi connectivity index (χ3n) is 4.50. The number of carbonyl (C=O) groups is 2. The van der Waals surface area contributed by atoms with Crippen LogP contribution in [0.5, 0.6) is 0 Å². The van der Waals surface area contributed by atoms with E-state index < -0.39 is 33.4 Å². The van der Waals surface area contributed by atoms with Gasteiger partial charge in [-0.3, -0.25) is 14.3 Å². The average molecular weight is 439 g/mol. The lowest BCUT2D eigenvalue weighted by molar-refractivity contribution is -0.121. The minimum absolute atomic E-state index is 0.0652. The van der Waals surface area contributed by atoms with E-state index in [-0.39, 0.29) is 27.5 Å². The number of rotatable bonds is 5. The molecule has 0 radical (unpaired) electrons. The summed E-state index contributed by atoms with van der Waals surface area (Å²) in [6.07, 6.45) is 1.43. The van der Waals surface area contributed by atoms with E-state index >= 15 is 0 Å². The number of nitrogens with zero attached hydrogens (tertiary/aromatic N) is 2. The molecule has 0 bridgehead atoms. The van der Waals surface area contributed by atoms with E-state index in [4.69, 9.17) is 0 Å². The second-order valence-electron chi connectivity index (χ2n) is 6.49. The molecule has 0 spiro atoms. The highest BCUT2D eigenvalue weighted by molar-refractivity contribution is 7.92. The van der Waals surface area contributed by atoms with Gasteiger partial charge in [0.2, 0.25) is 0 Å². The lowest BCUT2D eigenvalue weighted by Crippen LogP contribution is -2.31. The van der Waals surface area contributed by atoms with E-state index in [9.17, 15) is 27.5 Å². The molecule has 0 saturated carbocycles. The molecule has 2 heterocycles. The van der Waals surface area contributed by atoms with Crippen molar-refractivity contribution in [1.82, 2.24) is 4.98 Å². The summed E-state index contributed by atoms with van der Waals surface area (Å²) >= 11 is 0. The molecule has 0 fully saturated rings. The van der Waals surface area contributed by atoms with Crippen molar-refractivity contribution >= 4 is 38.9 Å². The molecule has 0 saturated heterocycles. The third-order valence-corrected chi connectivity index (χ3v) is 5.87. The Morgan fingerprint density at radius 3 is 2.19 bits per heavy atom. The molecule has 1 aromatic heterocycles. The molecular formula is C21H14FN3O5S. The Morgan fingerprint density at radius 1 is 0.903 bits per heavy atom. The fourth-order valence-electron chi connectivity index (χ4n) is 3.02. The third kappa shape index (κ3) is 3.76. The van der Waals surface area contributed by atoms with E-state index in [2.05, 4.69) is 9.71 Å². The summed E-state index contributed by atoms with van der Waals surface area (Å²) in [5.74, 6) is -2.95. The molecule has 1 aliphatic heterocycles. The van der Waals surface area contributed by atoms with Gasteiger partial charge in [-0.25, -0.2) is 22.7 Å². The molecule has 2 aromatic carbocycles. The van der Waals surface area contributed by atoms with E-state index in [0.29, 0.717) is 0 Å². The minimum atomic E-state index is -3.95. The lowest BCUT2D eigenvalue weighted by atomic mass is 10.1. The number of aliphatic hydroxyl groups excluding tert-OH is 1. The molecule has 2 amide bonds. The SMILES string of the molecule is O=C1C(O)=C(c2ccc(F)cc2)C(=O)N1c1ccc(S(=O)(=O)Nc2ccccn2)cc1. The van der Waals surface area contributed by atoms with Gasteiger partial charge in [-0.05, 0) is 54.1 Å². The van der Waals surface area contributed by atoms with Crippen LogP contribution in [0.3, 0.4) is 0 Å². The Hall–Kier alpha value is -4.05. The first-order valence-electron chi connectivity index (χ1n) is 8.90. The number of hydrogen-bond donors (Lipinski definition) is 2. The summed E-state index contributed by atoms with van der Waals surface area (Å²) in [7, 11) is -3.95. The van der Waals surface area contributed by atoms with Crippen LogP contribution < -0.4 is 9.62 Å². The number of sulfonamides is 1. The van der Waals surface area contributed by atoms with Gasteiger partial charge in [0, 0.05) is 6.20 Å². The van der Waals surface area contributed by atoms with Crippen LogP contribution in [-0.4, -0.2) is 30.3 Å². The highest BCUT2D eigenvalue weighted by atomic mass is 32.2. The van der Waals surface area contributed by atoms with Gasteiger partial charge >= 0.3 is 5.91 Å². The van der Waals surface area contributed by atoms with Crippen molar-refractivity contribution in [3.05, 3.63) is 90.1 Å². The summed E-state index contributed by atoms with van der Waals surface area (Å²) in [6, 6.07) is 14.5. The molecule has 0 atom stereocenters. The number of aromatic nitrogens is 1.